The van der Waals surface area contributed by atoms with Gasteiger partial charge in [0.2, 0.25) is 0 Å². The number of pyridine rings is 3. The summed E-state index contributed by atoms with van der Waals surface area (Å²) in [6, 6.07) is 30.6. The number of aryl methyl sites for hydroxylation is 1. The molecule has 0 amide bonds. The summed E-state index contributed by atoms with van der Waals surface area (Å²) >= 11 is 0. The van der Waals surface area contributed by atoms with E-state index in [0.29, 0.717) is 22.3 Å². The lowest BCUT2D eigenvalue weighted by molar-refractivity contribution is 0.589. The second-order valence-electron chi connectivity index (χ2n) is 9.49. The summed E-state index contributed by atoms with van der Waals surface area (Å²) in [4.78, 5) is 14.4. The Bertz CT molecular complexity index is 2140. The molecule has 3 aromatic carbocycles. The maximum absolute atomic E-state index is 13.7. The van der Waals surface area contributed by atoms with Gasteiger partial charge < -0.3 is 0 Å². The predicted molar refractivity (Wildman–Crippen MR) is 155 cm³/mol. The van der Waals surface area contributed by atoms with Crippen LogP contribution in [0.4, 0.5) is 0 Å². The van der Waals surface area contributed by atoms with Gasteiger partial charge in [0.25, 0.3) is 10.0 Å². The van der Waals surface area contributed by atoms with E-state index in [1.165, 1.54) is 9.54 Å². The van der Waals surface area contributed by atoms with E-state index in [1.54, 1.807) is 48.9 Å². The second-order valence-corrected chi connectivity index (χ2v) is 11.3. The Morgan fingerprint density at radius 3 is 2.28 bits per heavy atom. The summed E-state index contributed by atoms with van der Waals surface area (Å²) in [7, 11) is -3.88. The van der Waals surface area contributed by atoms with E-state index in [1.807, 2.05) is 30.3 Å². The van der Waals surface area contributed by atoms with Crippen LogP contribution < -0.4 is 0 Å². The molecule has 0 unspecified atom stereocenters. The van der Waals surface area contributed by atoms with E-state index in [4.69, 9.17) is 4.98 Å². The summed E-state index contributed by atoms with van der Waals surface area (Å²) in [5.41, 5.74) is 6.45. The van der Waals surface area contributed by atoms with Gasteiger partial charge >= 0.3 is 0 Å². The van der Waals surface area contributed by atoms with Gasteiger partial charge in [0.1, 0.15) is 0 Å². The topological polar surface area (TPSA) is 77.7 Å². The zero-order valence-electron chi connectivity index (χ0n) is 21.0. The van der Waals surface area contributed by atoms with Crippen molar-refractivity contribution < 1.29 is 8.42 Å². The molecule has 4 aromatic heterocycles. The van der Waals surface area contributed by atoms with Crippen molar-refractivity contribution in [2.24, 2.45) is 0 Å². The molecule has 0 bridgehead atoms. The molecule has 0 aliphatic rings. The molecule has 39 heavy (non-hydrogen) atoms. The average molecular weight is 527 g/mol. The molecule has 0 fully saturated rings. The highest BCUT2D eigenvalue weighted by Crippen LogP contribution is 2.38. The van der Waals surface area contributed by atoms with Gasteiger partial charge in [-0.05, 0) is 54.4 Å². The zero-order chi connectivity index (χ0) is 26.6. The minimum atomic E-state index is -3.88. The van der Waals surface area contributed by atoms with E-state index < -0.39 is 10.0 Å². The van der Waals surface area contributed by atoms with Gasteiger partial charge in [0.05, 0.1) is 21.6 Å². The van der Waals surface area contributed by atoms with Crippen LogP contribution in [0.2, 0.25) is 0 Å². The molecular weight excluding hydrogens is 504 g/mol. The molecule has 6 nitrogen and oxygen atoms in total. The predicted octanol–water partition coefficient (Wildman–Crippen LogP) is 7.01. The minimum Gasteiger partial charge on any atom is -0.254 e. The van der Waals surface area contributed by atoms with Gasteiger partial charge in [0.15, 0.2) is 5.65 Å². The Labute approximate surface area is 225 Å². The highest BCUT2D eigenvalue weighted by molar-refractivity contribution is 7.90. The van der Waals surface area contributed by atoms with Crippen LogP contribution in [0.3, 0.4) is 0 Å². The van der Waals surface area contributed by atoms with Crippen molar-refractivity contribution in [3.8, 4) is 22.4 Å². The average Bonchev–Trinajstić information content (AvgIpc) is 3.38. The first kappa shape index (κ1) is 23.3. The summed E-state index contributed by atoms with van der Waals surface area (Å²) in [6.07, 6.45) is 5.00. The van der Waals surface area contributed by atoms with Crippen LogP contribution in [-0.2, 0) is 10.0 Å². The van der Waals surface area contributed by atoms with Crippen LogP contribution in [0.1, 0.15) is 5.56 Å². The van der Waals surface area contributed by atoms with Crippen molar-refractivity contribution in [3.63, 3.8) is 0 Å². The molecule has 0 aliphatic heterocycles. The second kappa shape index (κ2) is 8.85. The number of rotatable bonds is 4. The first-order valence-electron chi connectivity index (χ1n) is 12.5. The van der Waals surface area contributed by atoms with Crippen LogP contribution >= 0.6 is 0 Å². The summed E-state index contributed by atoms with van der Waals surface area (Å²) in [5, 5.41) is 2.67. The number of benzene rings is 3. The van der Waals surface area contributed by atoms with E-state index in [9.17, 15) is 8.42 Å². The summed E-state index contributed by atoms with van der Waals surface area (Å²) in [5.74, 6) is 0. The van der Waals surface area contributed by atoms with Crippen molar-refractivity contribution in [2.45, 2.75) is 11.8 Å². The Hall–Kier alpha value is -4.88. The smallest absolute Gasteiger partial charge is 0.254 e. The third-order valence-electron chi connectivity index (χ3n) is 7.02. The zero-order valence-corrected chi connectivity index (χ0v) is 21.8. The minimum absolute atomic E-state index is 0.195. The molecule has 0 saturated carbocycles. The normalized spacial score (nSPS) is 11.9. The molecule has 0 saturated heterocycles. The number of aromatic nitrogens is 4. The van der Waals surface area contributed by atoms with Crippen LogP contribution in [0, 0.1) is 6.92 Å². The van der Waals surface area contributed by atoms with E-state index >= 15 is 0 Å². The molecule has 7 rings (SSSR count). The molecule has 7 heteroatoms. The maximum Gasteiger partial charge on any atom is 0.269 e. The highest BCUT2D eigenvalue weighted by Gasteiger charge is 2.24. The molecule has 4 heterocycles. The first-order valence-corrected chi connectivity index (χ1v) is 14.0. The van der Waals surface area contributed by atoms with Gasteiger partial charge in [0, 0.05) is 40.3 Å². The summed E-state index contributed by atoms with van der Waals surface area (Å²) in [6.45, 7) is 2.06. The van der Waals surface area contributed by atoms with Gasteiger partial charge in [-0.25, -0.2) is 22.4 Å². The van der Waals surface area contributed by atoms with Crippen LogP contribution in [0.15, 0.2) is 121 Å². The SMILES string of the molecule is Cc1ccc(-c2cc(-c3cn(S(=O)(=O)c4ccccc4)c4ncccc34)nc3c2ccc2cccnc23)cc1. The monoisotopic (exact) mass is 526 g/mol. The quantitative estimate of drug-likeness (QED) is 0.231. The fraction of sp³-hybridized carbons (Fsp3) is 0.0312. The largest absolute Gasteiger partial charge is 0.269 e. The third-order valence-corrected chi connectivity index (χ3v) is 8.69. The van der Waals surface area contributed by atoms with E-state index in [0.717, 1.165) is 32.9 Å². The van der Waals surface area contributed by atoms with Crippen LogP contribution in [0.5, 0.6) is 0 Å². The molecule has 0 aliphatic carbocycles. The number of fused-ring (bicyclic) bond motifs is 4. The van der Waals surface area contributed by atoms with Crippen molar-refractivity contribution >= 4 is 42.9 Å². The molecular formula is C32H22N4O2S. The lowest BCUT2D eigenvalue weighted by atomic mass is 9.96. The molecule has 188 valence electrons. The Morgan fingerprint density at radius 2 is 1.46 bits per heavy atom. The van der Waals surface area contributed by atoms with Gasteiger partial charge in [-0.15, -0.1) is 0 Å². The lowest BCUT2D eigenvalue weighted by Crippen LogP contribution is -2.12. The van der Waals surface area contributed by atoms with Gasteiger partial charge in [-0.2, -0.15) is 0 Å². The fourth-order valence-electron chi connectivity index (χ4n) is 5.06. The molecule has 0 atom stereocenters. The van der Waals surface area contributed by atoms with Crippen LogP contribution in [0.25, 0.3) is 55.2 Å². The summed E-state index contributed by atoms with van der Waals surface area (Å²) < 4.78 is 28.6. The van der Waals surface area contributed by atoms with Crippen molar-refractivity contribution in [3.05, 3.63) is 121 Å². The maximum atomic E-state index is 13.7. The Kier molecular flexibility index (Phi) is 5.28. The molecule has 0 N–H and O–H groups in total. The lowest BCUT2D eigenvalue weighted by Gasteiger charge is -2.12. The first-order chi connectivity index (χ1) is 19.0. The van der Waals surface area contributed by atoms with E-state index in [2.05, 4.69) is 53.3 Å². The molecule has 0 spiro atoms. The van der Waals surface area contributed by atoms with Crippen LogP contribution in [-0.4, -0.2) is 27.3 Å². The van der Waals surface area contributed by atoms with Crippen molar-refractivity contribution in [1.29, 1.82) is 0 Å². The van der Waals surface area contributed by atoms with Crippen molar-refractivity contribution in [1.82, 2.24) is 18.9 Å². The molecule has 0 radical (unpaired) electrons. The Balaban J connectivity index is 1.56. The number of hydrogen-bond acceptors (Lipinski definition) is 5. The standard InChI is InChI=1S/C32H22N4O2S/c1-21-11-13-22(14-12-21)27-19-29(35-31-25(27)16-15-23-7-5-17-33-30(23)31)28-20-36(32-26(28)10-6-18-34-32)39(37,38)24-8-3-2-4-9-24/h2-20H,1H3. The number of nitrogens with zero attached hydrogens (tertiary/aromatic N) is 4. The van der Waals surface area contributed by atoms with Gasteiger partial charge in [-0.1, -0.05) is 66.2 Å². The molecule has 7 aromatic rings. The Morgan fingerprint density at radius 1 is 0.692 bits per heavy atom. The number of hydrogen-bond donors (Lipinski definition) is 0. The van der Waals surface area contributed by atoms with Crippen molar-refractivity contribution in [2.75, 3.05) is 0 Å². The fourth-order valence-corrected chi connectivity index (χ4v) is 6.41. The van der Waals surface area contributed by atoms with E-state index in [-0.39, 0.29) is 4.90 Å². The van der Waals surface area contributed by atoms with Gasteiger partial charge in [-0.3, -0.25) is 4.98 Å². The third kappa shape index (κ3) is 3.78. The highest BCUT2D eigenvalue weighted by atomic mass is 32.2.